The van der Waals surface area contributed by atoms with Gasteiger partial charge >= 0.3 is 6.18 Å². The normalized spacial score (nSPS) is 18.8. The van der Waals surface area contributed by atoms with Crippen molar-refractivity contribution in [3.05, 3.63) is 85.6 Å². The lowest BCUT2D eigenvalue weighted by Crippen LogP contribution is -2.62. The van der Waals surface area contributed by atoms with E-state index in [-0.39, 0.29) is 79.4 Å². The Balaban J connectivity index is 1.13. The minimum Gasteiger partial charge on any atom is -0.501 e. The van der Waals surface area contributed by atoms with Crippen LogP contribution in [0.15, 0.2) is 52.6 Å². The summed E-state index contributed by atoms with van der Waals surface area (Å²) in [6.45, 7) is 3.79. The van der Waals surface area contributed by atoms with E-state index in [1.54, 1.807) is 21.4 Å². The van der Waals surface area contributed by atoms with Gasteiger partial charge in [-0.3, -0.25) is 19.2 Å². The molecule has 1 atom stereocenters. The molecule has 3 amide bonds. The topological polar surface area (TPSA) is 167 Å². The number of aromatic nitrogens is 4. The number of fused-ring (bicyclic) bond motifs is 3. The lowest BCUT2D eigenvalue weighted by molar-refractivity contribution is -0.153. The lowest BCUT2D eigenvalue weighted by Gasteiger charge is -2.46. The van der Waals surface area contributed by atoms with Crippen LogP contribution in [-0.4, -0.2) is 122 Å². The number of rotatable bonds is 7. The van der Waals surface area contributed by atoms with Crippen LogP contribution in [-0.2, 0) is 56.0 Å². The first kappa shape index (κ1) is 39.2. The molecule has 4 aliphatic heterocycles. The maximum absolute atomic E-state index is 14.5. The smallest absolute Gasteiger partial charge is 0.416 e. The minimum atomic E-state index is -4.63. The average Bonchev–Trinajstić information content (AvgIpc) is 3.67. The van der Waals surface area contributed by atoms with E-state index in [1.165, 1.54) is 9.80 Å². The molecule has 4 aliphatic rings. The quantitative estimate of drug-likeness (QED) is 0.281. The van der Waals surface area contributed by atoms with Crippen molar-refractivity contribution in [2.45, 2.75) is 45.3 Å². The van der Waals surface area contributed by atoms with E-state index >= 15 is 0 Å². The summed E-state index contributed by atoms with van der Waals surface area (Å²) in [5.41, 5.74) is 1.75. The van der Waals surface area contributed by atoms with Gasteiger partial charge in [-0.2, -0.15) is 22.7 Å². The Bertz CT molecular complexity index is 2430. The van der Waals surface area contributed by atoms with E-state index in [0.717, 1.165) is 33.8 Å². The van der Waals surface area contributed by atoms with Crippen LogP contribution in [0.3, 0.4) is 0 Å². The molecular weight excluding hydrogens is 787 g/mol. The van der Waals surface area contributed by atoms with Crippen LogP contribution in [0, 0.1) is 0 Å². The van der Waals surface area contributed by atoms with Gasteiger partial charge < -0.3 is 44.1 Å². The summed E-state index contributed by atoms with van der Waals surface area (Å²) in [5, 5.41) is 17.8. The van der Waals surface area contributed by atoms with E-state index in [4.69, 9.17) is 26.1 Å². The number of aliphatic hydroxyl groups excluding tert-OH is 1. The summed E-state index contributed by atoms with van der Waals surface area (Å²) in [4.78, 5) is 66.1. The van der Waals surface area contributed by atoms with Crippen LogP contribution in [0.4, 0.5) is 24.5 Å². The van der Waals surface area contributed by atoms with E-state index < -0.39 is 53.5 Å². The fraction of sp³-hybridized carbons (Fsp3) is 0.421. The van der Waals surface area contributed by atoms with Crippen molar-refractivity contribution in [1.82, 2.24) is 33.9 Å². The third kappa shape index (κ3) is 7.00. The molecule has 6 heterocycles. The van der Waals surface area contributed by atoms with Gasteiger partial charge in [-0.15, -0.1) is 5.10 Å². The number of carbonyl (C=O) groups excluding carboxylic acids is 3. The highest BCUT2D eigenvalue weighted by Gasteiger charge is 2.44. The highest BCUT2D eigenvalue weighted by molar-refractivity contribution is 6.33. The molecule has 20 heteroatoms. The van der Waals surface area contributed by atoms with Gasteiger partial charge in [-0.05, 0) is 48.2 Å². The number of amides is 3. The van der Waals surface area contributed by atoms with Crippen molar-refractivity contribution < 1.29 is 42.1 Å². The summed E-state index contributed by atoms with van der Waals surface area (Å²) >= 11 is 6.17. The third-order valence-corrected chi connectivity index (χ3v) is 11.3. The van der Waals surface area contributed by atoms with Crippen LogP contribution < -0.4 is 15.8 Å². The number of anilines is 2. The average molecular weight is 826 g/mol. The highest BCUT2D eigenvalue weighted by Crippen LogP contribution is 2.34. The number of hydrogen-bond acceptors (Lipinski definition) is 11. The van der Waals surface area contributed by atoms with Gasteiger partial charge in [0.1, 0.15) is 18.4 Å². The predicted molar refractivity (Wildman–Crippen MR) is 203 cm³/mol. The van der Waals surface area contributed by atoms with Crippen LogP contribution >= 0.6 is 11.6 Å². The van der Waals surface area contributed by atoms with Crippen molar-refractivity contribution in [3.63, 3.8) is 0 Å². The summed E-state index contributed by atoms with van der Waals surface area (Å²) in [6, 6.07) is 8.31. The number of alkyl halides is 3. The molecule has 2 aromatic heterocycles. The molecule has 2 fully saturated rings. The summed E-state index contributed by atoms with van der Waals surface area (Å²) in [7, 11) is 1.62. The largest absolute Gasteiger partial charge is 0.501 e. The zero-order valence-corrected chi connectivity index (χ0v) is 32.3. The molecule has 4 aromatic rings. The Hall–Kier alpha value is -5.66. The number of benzene rings is 2. The van der Waals surface area contributed by atoms with E-state index in [0.29, 0.717) is 37.5 Å². The van der Waals surface area contributed by atoms with Crippen LogP contribution in [0.5, 0.6) is 0 Å². The molecule has 58 heavy (non-hydrogen) atoms. The Morgan fingerprint density at radius 1 is 1.02 bits per heavy atom. The number of ether oxygens (including phenoxy) is 2. The first-order valence-electron chi connectivity index (χ1n) is 18.7. The molecule has 2 aromatic carbocycles. The van der Waals surface area contributed by atoms with E-state index in [1.807, 2.05) is 25.1 Å². The van der Waals surface area contributed by atoms with Gasteiger partial charge in [0.05, 0.1) is 48.4 Å². The number of halogens is 4. The molecule has 0 aliphatic carbocycles. The van der Waals surface area contributed by atoms with Gasteiger partial charge in [0.25, 0.3) is 17.4 Å². The van der Waals surface area contributed by atoms with Crippen LogP contribution in [0.25, 0.3) is 17.2 Å². The predicted octanol–water partition coefficient (Wildman–Crippen LogP) is 3.05. The van der Waals surface area contributed by atoms with Gasteiger partial charge in [0, 0.05) is 45.3 Å². The molecule has 2 N–H and O–H groups in total. The van der Waals surface area contributed by atoms with Gasteiger partial charge in [0.2, 0.25) is 17.4 Å². The monoisotopic (exact) mass is 825 g/mol. The zero-order valence-electron chi connectivity index (χ0n) is 31.5. The molecule has 306 valence electrons. The second-order valence-corrected chi connectivity index (χ2v) is 14.8. The fourth-order valence-electron chi connectivity index (χ4n) is 7.92. The van der Waals surface area contributed by atoms with E-state index in [9.17, 15) is 37.5 Å². The number of nitrogens with one attached hydrogen (secondary N) is 1. The third-order valence-electron chi connectivity index (χ3n) is 10.9. The van der Waals surface area contributed by atoms with Gasteiger partial charge in [0.15, 0.2) is 11.5 Å². The van der Waals surface area contributed by atoms with Crippen molar-refractivity contribution in [1.29, 1.82) is 0 Å². The molecule has 1 unspecified atom stereocenters. The van der Waals surface area contributed by atoms with Crippen molar-refractivity contribution in [3.8, 4) is 11.4 Å². The summed E-state index contributed by atoms with van der Waals surface area (Å²) in [6.07, 6.45) is -4.24. The van der Waals surface area contributed by atoms with Crippen molar-refractivity contribution >= 4 is 46.5 Å². The fourth-order valence-corrected chi connectivity index (χ4v) is 8.15. The Morgan fingerprint density at radius 3 is 2.52 bits per heavy atom. The number of carbonyl (C=O) groups is 3. The standard InChI is InChI=1S/C38H39ClF3N9O7/c1-3-27-30(47-9-11-48(12-10-47)34(54)31-32(53)36(56)49-13-15-58-20-29(49)46(31)2)35(55)51-37(44-33(45-51)22-4-5-23-19-57-14-8-21(23)16-22)50(27)18-28(52)43-26-7-6-24(17-25(26)39)38(40,41)42/h4-7,16-17,29,53H,3,8-15,18-20H2,1-2H3,(H,43,52). The second kappa shape index (κ2) is 15.3. The maximum Gasteiger partial charge on any atom is 0.416 e. The van der Waals surface area contributed by atoms with Gasteiger partial charge in [-0.1, -0.05) is 30.7 Å². The van der Waals surface area contributed by atoms with Crippen LogP contribution in [0.1, 0.15) is 29.3 Å². The van der Waals surface area contributed by atoms with Gasteiger partial charge in [-0.25, -0.2) is 0 Å². The Morgan fingerprint density at radius 2 is 1.79 bits per heavy atom. The number of aliphatic hydroxyl groups is 1. The first-order chi connectivity index (χ1) is 27.7. The van der Waals surface area contributed by atoms with Crippen LogP contribution in [0.2, 0.25) is 5.02 Å². The molecule has 0 saturated carbocycles. The first-order valence-corrected chi connectivity index (χ1v) is 19.1. The number of likely N-dealkylation sites (N-methyl/N-ethyl adjacent to an activating group) is 1. The molecule has 8 rings (SSSR count). The zero-order chi connectivity index (χ0) is 41.0. The number of hydrogen-bond donors (Lipinski definition) is 2. The minimum absolute atomic E-state index is 0.0360. The molecule has 16 nitrogen and oxygen atoms in total. The molecular formula is C38H39ClF3N9O7. The SMILES string of the molecule is CCc1c(N2CCN(C(=O)C3=C(O)C(=O)N4CCOCC4N3C)CC2)c(=O)n2nc(-c3ccc4c(c3)CCOC4)nc2n1CC(=O)Nc1ccc(C(F)(F)F)cc1Cl. The lowest BCUT2D eigenvalue weighted by atomic mass is 10.0. The Kier molecular flexibility index (Phi) is 10.3. The maximum atomic E-state index is 14.5. The van der Waals surface area contributed by atoms with Crippen molar-refractivity contribution in [2.24, 2.45) is 0 Å². The number of piperazine rings is 1. The highest BCUT2D eigenvalue weighted by atomic mass is 35.5. The summed E-state index contributed by atoms with van der Waals surface area (Å²) < 4.78 is 53.7. The molecule has 0 bridgehead atoms. The summed E-state index contributed by atoms with van der Waals surface area (Å²) in [5.74, 6) is -2.17. The molecule has 0 radical (unpaired) electrons. The number of nitrogens with zero attached hydrogens (tertiary/aromatic N) is 8. The van der Waals surface area contributed by atoms with E-state index in [2.05, 4.69) is 10.4 Å². The second-order valence-electron chi connectivity index (χ2n) is 14.4. The molecule has 0 spiro atoms. The Labute approximate surface area is 334 Å². The molecule has 2 saturated heterocycles. The number of morpholine rings is 1. The van der Waals surface area contributed by atoms with Crippen molar-refractivity contribution in [2.75, 3.05) is 69.8 Å².